The van der Waals surface area contributed by atoms with E-state index in [9.17, 15) is 4.79 Å². The summed E-state index contributed by atoms with van der Waals surface area (Å²) in [4.78, 5) is 16.1. The Morgan fingerprint density at radius 2 is 1.94 bits per heavy atom. The van der Waals surface area contributed by atoms with Gasteiger partial charge in [-0.15, -0.1) is 0 Å². The molecule has 0 saturated carbocycles. The Balaban J connectivity index is 2.11. The molecule has 0 aliphatic carbocycles. The number of carbonyl (C=O) groups is 1. The summed E-state index contributed by atoms with van der Waals surface area (Å²) in [6, 6.07) is 9.38. The van der Waals surface area contributed by atoms with Crippen molar-refractivity contribution in [2.75, 3.05) is 7.11 Å². The van der Waals surface area contributed by atoms with Crippen LogP contribution in [0, 0.1) is 6.92 Å². The predicted molar refractivity (Wildman–Crippen MR) is 70.0 cm³/mol. The second-order valence-electron chi connectivity index (χ2n) is 4.20. The number of Topliss-reactive ketones (excluding diaryl/α,β-unsaturated/α-hetero) is 1. The molecule has 0 saturated heterocycles. The molecule has 1 aromatic carbocycles. The zero-order chi connectivity index (χ0) is 13.0. The second kappa shape index (κ2) is 5.45. The summed E-state index contributed by atoms with van der Waals surface area (Å²) in [6.07, 6.45) is 3.73. The number of ketones is 1. The van der Waals surface area contributed by atoms with Gasteiger partial charge in [-0.2, -0.15) is 0 Å². The topological polar surface area (TPSA) is 39.2 Å². The Morgan fingerprint density at radius 1 is 1.22 bits per heavy atom. The lowest BCUT2D eigenvalue weighted by atomic mass is 10.0. The van der Waals surface area contributed by atoms with Gasteiger partial charge in [0, 0.05) is 24.4 Å². The maximum absolute atomic E-state index is 12.0. The summed E-state index contributed by atoms with van der Waals surface area (Å²) >= 11 is 0. The molecule has 0 bridgehead atoms. The van der Waals surface area contributed by atoms with Crippen molar-refractivity contribution in [3.05, 3.63) is 59.4 Å². The molecule has 3 heteroatoms. The van der Waals surface area contributed by atoms with Crippen LogP contribution >= 0.6 is 0 Å². The monoisotopic (exact) mass is 241 g/mol. The number of aryl methyl sites for hydroxylation is 1. The molecule has 0 radical (unpaired) electrons. The average molecular weight is 241 g/mol. The van der Waals surface area contributed by atoms with E-state index >= 15 is 0 Å². The number of benzene rings is 1. The number of nitrogens with zero attached hydrogens (tertiary/aromatic N) is 1. The van der Waals surface area contributed by atoms with E-state index in [1.165, 1.54) is 0 Å². The van der Waals surface area contributed by atoms with Gasteiger partial charge in [0.1, 0.15) is 5.75 Å². The van der Waals surface area contributed by atoms with Crippen LogP contribution in [-0.4, -0.2) is 17.9 Å². The van der Waals surface area contributed by atoms with E-state index in [-0.39, 0.29) is 5.78 Å². The fourth-order valence-electron chi connectivity index (χ4n) is 1.74. The third kappa shape index (κ3) is 2.94. The third-order valence-electron chi connectivity index (χ3n) is 2.72. The van der Waals surface area contributed by atoms with Gasteiger partial charge < -0.3 is 4.74 Å². The molecule has 0 fully saturated rings. The van der Waals surface area contributed by atoms with Crippen molar-refractivity contribution in [1.82, 2.24) is 4.98 Å². The Hall–Kier alpha value is -2.16. The highest BCUT2D eigenvalue weighted by molar-refractivity contribution is 5.97. The molecular formula is C15H15NO2. The van der Waals surface area contributed by atoms with Crippen molar-refractivity contribution in [3.8, 4) is 5.75 Å². The van der Waals surface area contributed by atoms with Gasteiger partial charge in [0.25, 0.3) is 0 Å². The van der Waals surface area contributed by atoms with Gasteiger partial charge in [-0.3, -0.25) is 9.78 Å². The van der Waals surface area contributed by atoms with Crippen LogP contribution in [0.25, 0.3) is 0 Å². The molecule has 0 aliphatic rings. The van der Waals surface area contributed by atoms with E-state index in [2.05, 4.69) is 4.98 Å². The molecular weight excluding hydrogens is 226 g/mol. The lowest BCUT2D eigenvalue weighted by molar-refractivity contribution is 0.0992. The van der Waals surface area contributed by atoms with E-state index in [1.807, 2.05) is 37.3 Å². The second-order valence-corrected chi connectivity index (χ2v) is 4.20. The van der Waals surface area contributed by atoms with Gasteiger partial charge in [-0.1, -0.05) is 12.1 Å². The van der Waals surface area contributed by atoms with Crippen molar-refractivity contribution in [2.45, 2.75) is 13.3 Å². The summed E-state index contributed by atoms with van der Waals surface area (Å²) in [5.41, 5.74) is 2.63. The highest BCUT2D eigenvalue weighted by atomic mass is 16.5. The molecule has 0 aliphatic heterocycles. The zero-order valence-corrected chi connectivity index (χ0v) is 10.5. The lowest BCUT2D eigenvalue weighted by Gasteiger charge is -2.04. The van der Waals surface area contributed by atoms with Crippen molar-refractivity contribution in [1.29, 1.82) is 0 Å². The number of methoxy groups -OCH3 is 1. The smallest absolute Gasteiger partial charge is 0.168 e. The maximum atomic E-state index is 12.0. The van der Waals surface area contributed by atoms with E-state index < -0.39 is 0 Å². The van der Waals surface area contributed by atoms with Crippen LogP contribution in [0.3, 0.4) is 0 Å². The molecule has 0 unspecified atom stereocenters. The number of ether oxygens (including phenoxy) is 1. The largest absolute Gasteiger partial charge is 0.497 e. The molecule has 2 rings (SSSR count). The Bertz CT molecular complexity index is 547. The van der Waals surface area contributed by atoms with Gasteiger partial charge in [-0.05, 0) is 36.2 Å². The number of pyridine rings is 1. The summed E-state index contributed by atoms with van der Waals surface area (Å²) < 4.78 is 5.08. The number of hydrogen-bond donors (Lipinski definition) is 0. The quantitative estimate of drug-likeness (QED) is 0.773. The minimum atomic E-state index is 0.0800. The first-order valence-corrected chi connectivity index (χ1v) is 5.77. The van der Waals surface area contributed by atoms with E-state index in [0.717, 1.165) is 16.9 Å². The number of hydrogen-bond acceptors (Lipinski definition) is 3. The molecule has 0 amide bonds. The van der Waals surface area contributed by atoms with E-state index in [4.69, 9.17) is 4.74 Å². The SMILES string of the molecule is COc1ccc(CC(=O)c2cncc(C)c2)cc1. The lowest BCUT2D eigenvalue weighted by Crippen LogP contribution is -2.04. The van der Waals surface area contributed by atoms with Crippen molar-refractivity contribution in [3.63, 3.8) is 0 Å². The van der Waals surface area contributed by atoms with E-state index in [1.54, 1.807) is 19.5 Å². The molecule has 0 N–H and O–H groups in total. The Labute approximate surface area is 106 Å². The summed E-state index contributed by atoms with van der Waals surface area (Å²) in [7, 11) is 1.62. The van der Waals surface area contributed by atoms with Gasteiger partial charge in [0.2, 0.25) is 0 Å². The van der Waals surface area contributed by atoms with Crippen molar-refractivity contribution >= 4 is 5.78 Å². The summed E-state index contributed by atoms with van der Waals surface area (Å²) in [5.74, 6) is 0.875. The van der Waals surface area contributed by atoms with Gasteiger partial charge in [0.15, 0.2) is 5.78 Å². The standard InChI is InChI=1S/C15H15NO2/c1-11-7-13(10-16-9-11)15(17)8-12-3-5-14(18-2)6-4-12/h3-7,9-10H,8H2,1-2H3. The van der Waals surface area contributed by atoms with Crippen LogP contribution in [0.5, 0.6) is 5.75 Å². The van der Waals surface area contributed by atoms with E-state index in [0.29, 0.717) is 12.0 Å². The minimum absolute atomic E-state index is 0.0800. The van der Waals surface area contributed by atoms with Crippen LogP contribution < -0.4 is 4.74 Å². The zero-order valence-electron chi connectivity index (χ0n) is 10.5. The molecule has 2 aromatic rings. The third-order valence-corrected chi connectivity index (χ3v) is 2.72. The summed E-state index contributed by atoms with van der Waals surface area (Å²) in [5, 5.41) is 0. The highest BCUT2D eigenvalue weighted by Gasteiger charge is 2.07. The number of aromatic nitrogens is 1. The average Bonchev–Trinajstić information content (AvgIpc) is 2.39. The Morgan fingerprint density at radius 3 is 2.56 bits per heavy atom. The molecule has 1 aromatic heterocycles. The number of rotatable bonds is 4. The fourth-order valence-corrected chi connectivity index (χ4v) is 1.74. The molecule has 92 valence electrons. The summed E-state index contributed by atoms with van der Waals surface area (Å²) in [6.45, 7) is 1.93. The van der Waals surface area contributed by atoms with Crippen LogP contribution in [0.2, 0.25) is 0 Å². The minimum Gasteiger partial charge on any atom is -0.497 e. The molecule has 0 atom stereocenters. The van der Waals surface area contributed by atoms with Crippen molar-refractivity contribution < 1.29 is 9.53 Å². The van der Waals surface area contributed by atoms with Gasteiger partial charge in [-0.25, -0.2) is 0 Å². The van der Waals surface area contributed by atoms with Gasteiger partial charge in [0.05, 0.1) is 7.11 Å². The van der Waals surface area contributed by atoms with Crippen molar-refractivity contribution in [2.24, 2.45) is 0 Å². The maximum Gasteiger partial charge on any atom is 0.168 e. The molecule has 18 heavy (non-hydrogen) atoms. The first-order chi connectivity index (χ1) is 8.69. The molecule has 3 nitrogen and oxygen atoms in total. The fraction of sp³-hybridized carbons (Fsp3) is 0.200. The highest BCUT2D eigenvalue weighted by Crippen LogP contribution is 2.13. The van der Waals surface area contributed by atoms with Crippen LogP contribution in [0.15, 0.2) is 42.7 Å². The molecule has 1 heterocycles. The Kier molecular flexibility index (Phi) is 3.72. The first kappa shape index (κ1) is 12.3. The first-order valence-electron chi connectivity index (χ1n) is 5.77. The van der Waals surface area contributed by atoms with Crippen LogP contribution in [0.1, 0.15) is 21.5 Å². The van der Waals surface area contributed by atoms with Crippen LogP contribution in [-0.2, 0) is 6.42 Å². The van der Waals surface area contributed by atoms with Gasteiger partial charge >= 0.3 is 0 Å². The predicted octanol–water partition coefficient (Wildman–Crippen LogP) is 2.82. The molecule has 0 spiro atoms. The van der Waals surface area contributed by atoms with Crippen LogP contribution in [0.4, 0.5) is 0 Å². The number of carbonyl (C=O) groups excluding carboxylic acids is 1. The normalized spacial score (nSPS) is 10.1.